The van der Waals surface area contributed by atoms with Gasteiger partial charge in [0.25, 0.3) is 0 Å². The third-order valence-corrected chi connectivity index (χ3v) is 4.96. The van der Waals surface area contributed by atoms with Crippen LogP contribution in [-0.2, 0) is 4.79 Å². The number of nitrogens with two attached hydrogens (primary N) is 1. The second-order valence-corrected chi connectivity index (χ2v) is 7.52. The molecule has 0 aliphatic heterocycles. The van der Waals surface area contributed by atoms with Gasteiger partial charge in [0, 0.05) is 11.3 Å². The lowest BCUT2D eigenvalue weighted by Crippen LogP contribution is -2.57. The number of hydrogen-bond acceptors (Lipinski definition) is 3. The summed E-state index contributed by atoms with van der Waals surface area (Å²) < 4.78 is 0.0757. The van der Waals surface area contributed by atoms with Gasteiger partial charge in [-0.25, -0.2) is 0 Å². The van der Waals surface area contributed by atoms with E-state index in [4.69, 9.17) is 5.73 Å². The molecule has 3 nitrogen and oxygen atoms in total. The van der Waals surface area contributed by atoms with Gasteiger partial charge in [-0.05, 0) is 38.9 Å². The normalized spacial score (nSPS) is 30.1. The molecule has 0 spiro atoms. The minimum Gasteiger partial charge on any atom is -0.353 e. The zero-order chi connectivity index (χ0) is 13.1. The van der Waals surface area contributed by atoms with Gasteiger partial charge in [-0.15, -0.1) is 0 Å². The maximum atomic E-state index is 12.2. The molecule has 3 N–H and O–H groups in total. The first-order chi connectivity index (χ1) is 7.79. The van der Waals surface area contributed by atoms with E-state index in [0.29, 0.717) is 12.5 Å². The summed E-state index contributed by atoms with van der Waals surface area (Å²) in [6.07, 6.45) is 5.97. The van der Waals surface area contributed by atoms with Crippen molar-refractivity contribution >= 4 is 17.7 Å². The largest absolute Gasteiger partial charge is 0.353 e. The lowest BCUT2D eigenvalue weighted by molar-refractivity contribution is -0.128. The highest BCUT2D eigenvalue weighted by Gasteiger charge is 2.38. The molecule has 4 heteroatoms. The molecule has 2 atom stereocenters. The molecule has 1 amide bonds. The van der Waals surface area contributed by atoms with Gasteiger partial charge in [0.1, 0.15) is 0 Å². The minimum atomic E-state index is -0.633. The Bertz CT molecular complexity index is 281. The summed E-state index contributed by atoms with van der Waals surface area (Å²) in [5.74, 6) is 0.597. The number of thioether (sulfide) groups is 1. The van der Waals surface area contributed by atoms with Gasteiger partial charge in [0.05, 0.1) is 5.54 Å². The van der Waals surface area contributed by atoms with Crippen molar-refractivity contribution in [3.05, 3.63) is 0 Å². The van der Waals surface area contributed by atoms with Crippen LogP contribution in [-0.4, -0.2) is 29.0 Å². The first-order valence-electron chi connectivity index (χ1n) is 6.41. The summed E-state index contributed by atoms with van der Waals surface area (Å²) >= 11 is 1.76. The van der Waals surface area contributed by atoms with Crippen LogP contribution in [0.5, 0.6) is 0 Å². The van der Waals surface area contributed by atoms with Crippen molar-refractivity contribution in [2.45, 2.75) is 56.7 Å². The van der Waals surface area contributed by atoms with Gasteiger partial charge >= 0.3 is 0 Å². The first-order valence-corrected chi connectivity index (χ1v) is 7.64. The lowest BCUT2D eigenvalue weighted by atomic mass is 9.76. The van der Waals surface area contributed by atoms with Crippen molar-refractivity contribution in [3.63, 3.8) is 0 Å². The molecule has 1 aliphatic rings. The van der Waals surface area contributed by atoms with Gasteiger partial charge in [-0.3, -0.25) is 4.79 Å². The van der Waals surface area contributed by atoms with Crippen LogP contribution >= 0.6 is 11.8 Å². The summed E-state index contributed by atoms with van der Waals surface area (Å²) in [4.78, 5) is 12.2. The van der Waals surface area contributed by atoms with Gasteiger partial charge in [-0.2, -0.15) is 11.8 Å². The molecule has 0 aromatic carbocycles. The summed E-state index contributed by atoms with van der Waals surface area (Å²) in [6, 6.07) is 0. The molecule has 1 rings (SSSR count). The zero-order valence-corrected chi connectivity index (χ0v) is 12.3. The van der Waals surface area contributed by atoms with Crippen molar-refractivity contribution in [3.8, 4) is 0 Å². The van der Waals surface area contributed by atoms with Crippen molar-refractivity contribution in [2.75, 3.05) is 12.8 Å². The Balaban J connectivity index is 2.51. The van der Waals surface area contributed by atoms with E-state index < -0.39 is 5.54 Å². The van der Waals surface area contributed by atoms with Crippen LogP contribution in [0.3, 0.4) is 0 Å². The van der Waals surface area contributed by atoms with E-state index >= 15 is 0 Å². The Hall–Kier alpha value is -0.220. The highest BCUT2D eigenvalue weighted by molar-refractivity contribution is 7.99. The van der Waals surface area contributed by atoms with E-state index in [1.165, 1.54) is 6.42 Å². The summed E-state index contributed by atoms with van der Waals surface area (Å²) in [7, 11) is 0. The zero-order valence-electron chi connectivity index (χ0n) is 11.5. The molecule has 1 saturated carbocycles. The molecular weight excluding hydrogens is 232 g/mol. The molecule has 0 saturated heterocycles. The Kier molecular flexibility index (Phi) is 4.90. The van der Waals surface area contributed by atoms with E-state index in [2.05, 4.69) is 32.3 Å². The van der Waals surface area contributed by atoms with Crippen molar-refractivity contribution < 1.29 is 4.79 Å². The van der Waals surface area contributed by atoms with Crippen LogP contribution in [0, 0.1) is 5.92 Å². The molecule has 0 bridgehead atoms. The minimum absolute atomic E-state index is 0.0335. The van der Waals surface area contributed by atoms with Crippen LogP contribution in [0.4, 0.5) is 0 Å². The second-order valence-electron chi connectivity index (χ2n) is 6.00. The molecule has 100 valence electrons. The number of hydrogen-bond donors (Lipinski definition) is 2. The quantitative estimate of drug-likeness (QED) is 0.812. The highest BCUT2D eigenvalue weighted by Crippen LogP contribution is 2.30. The molecule has 0 radical (unpaired) electrons. The maximum absolute atomic E-state index is 12.2. The number of carbonyl (C=O) groups is 1. The van der Waals surface area contributed by atoms with E-state index in [-0.39, 0.29) is 10.7 Å². The summed E-state index contributed by atoms with van der Waals surface area (Å²) in [5, 5.41) is 3.02. The van der Waals surface area contributed by atoms with E-state index in [0.717, 1.165) is 19.3 Å². The fourth-order valence-corrected chi connectivity index (χ4v) is 2.56. The number of rotatable bonds is 4. The first kappa shape index (κ1) is 14.8. The Morgan fingerprint density at radius 2 is 2.24 bits per heavy atom. The molecule has 2 unspecified atom stereocenters. The molecule has 0 aromatic rings. The van der Waals surface area contributed by atoms with Crippen LogP contribution in [0.25, 0.3) is 0 Å². The van der Waals surface area contributed by atoms with Gasteiger partial charge in [0.15, 0.2) is 0 Å². The summed E-state index contributed by atoms with van der Waals surface area (Å²) in [5.41, 5.74) is 5.61. The lowest BCUT2D eigenvalue weighted by Gasteiger charge is -2.36. The van der Waals surface area contributed by atoms with Crippen molar-refractivity contribution in [2.24, 2.45) is 11.7 Å². The standard InChI is InChI=1S/C13H26N2OS/c1-10-6-5-7-13(14,8-10)11(16)15-9-12(2,3)17-4/h10H,5-9,14H2,1-4H3,(H,15,16). The number of amides is 1. The van der Waals surface area contributed by atoms with Gasteiger partial charge < -0.3 is 11.1 Å². The fourth-order valence-electron chi connectivity index (χ4n) is 2.34. The van der Waals surface area contributed by atoms with Crippen LogP contribution in [0.2, 0.25) is 0 Å². The predicted molar refractivity (Wildman–Crippen MR) is 75.2 cm³/mol. The van der Waals surface area contributed by atoms with E-state index in [9.17, 15) is 4.79 Å². The fraction of sp³-hybridized carbons (Fsp3) is 0.923. The Labute approximate surface area is 109 Å². The van der Waals surface area contributed by atoms with Gasteiger partial charge in [-0.1, -0.05) is 19.8 Å². The van der Waals surface area contributed by atoms with Crippen LogP contribution < -0.4 is 11.1 Å². The van der Waals surface area contributed by atoms with E-state index in [1.807, 2.05) is 0 Å². The molecule has 1 aliphatic carbocycles. The SMILES string of the molecule is CSC(C)(C)CNC(=O)C1(N)CCCC(C)C1. The van der Waals surface area contributed by atoms with Crippen LogP contribution in [0.15, 0.2) is 0 Å². The van der Waals surface area contributed by atoms with Crippen molar-refractivity contribution in [1.82, 2.24) is 5.32 Å². The number of carbonyl (C=O) groups excluding carboxylic acids is 1. The molecule has 0 heterocycles. The monoisotopic (exact) mass is 258 g/mol. The second kappa shape index (κ2) is 5.61. The Morgan fingerprint density at radius 1 is 1.59 bits per heavy atom. The molecule has 1 fully saturated rings. The molecule has 0 aromatic heterocycles. The van der Waals surface area contributed by atoms with Gasteiger partial charge in [0.2, 0.25) is 5.91 Å². The van der Waals surface area contributed by atoms with Crippen LogP contribution in [0.1, 0.15) is 46.5 Å². The topological polar surface area (TPSA) is 55.1 Å². The third-order valence-electron chi connectivity index (χ3n) is 3.71. The molecular formula is C13H26N2OS. The highest BCUT2D eigenvalue weighted by atomic mass is 32.2. The number of nitrogens with one attached hydrogen (secondary N) is 1. The average molecular weight is 258 g/mol. The third kappa shape index (κ3) is 4.18. The smallest absolute Gasteiger partial charge is 0.240 e. The predicted octanol–water partition coefficient (Wildman–Crippen LogP) is 2.15. The maximum Gasteiger partial charge on any atom is 0.240 e. The van der Waals surface area contributed by atoms with E-state index in [1.54, 1.807) is 11.8 Å². The summed E-state index contributed by atoms with van der Waals surface area (Å²) in [6.45, 7) is 7.12. The van der Waals surface area contributed by atoms with Crippen molar-refractivity contribution in [1.29, 1.82) is 0 Å². The Morgan fingerprint density at radius 3 is 2.76 bits per heavy atom. The molecule has 17 heavy (non-hydrogen) atoms. The average Bonchev–Trinajstić information content (AvgIpc) is 2.25.